The summed E-state index contributed by atoms with van der Waals surface area (Å²) in [5.74, 6) is 0. The van der Waals surface area contributed by atoms with Crippen molar-refractivity contribution in [1.82, 2.24) is 0 Å². The van der Waals surface area contributed by atoms with E-state index in [9.17, 15) is 0 Å². The molecule has 2 heteroatoms. The smallest absolute Gasteiger partial charge is 0.0410 e. The highest BCUT2D eigenvalue weighted by Gasteiger charge is 2.01. The summed E-state index contributed by atoms with van der Waals surface area (Å²) in [5, 5.41) is 0.732. The van der Waals surface area contributed by atoms with Crippen molar-refractivity contribution < 1.29 is 0 Å². The van der Waals surface area contributed by atoms with Crippen LogP contribution < -0.4 is 5.73 Å². The largest absolute Gasteiger partial charge is 0.398 e. The fraction of sp³-hybridized carbons (Fsp3) is 0.0769. The molecule has 0 aliphatic heterocycles. The third-order valence-corrected chi connectivity index (χ3v) is 2.58. The van der Waals surface area contributed by atoms with Gasteiger partial charge in [0.2, 0.25) is 0 Å². The minimum atomic E-state index is 0.732. The molecule has 0 aliphatic carbocycles. The van der Waals surface area contributed by atoms with E-state index in [1.807, 2.05) is 36.4 Å². The number of hydrogen-bond acceptors (Lipinski definition) is 1. The molecule has 0 unspecified atom stereocenters. The predicted molar refractivity (Wildman–Crippen MR) is 65.1 cm³/mol. The van der Waals surface area contributed by atoms with Gasteiger partial charge < -0.3 is 5.73 Å². The molecule has 0 fully saturated rings. The van der Waals surface area contributed by atoms with E-state index < -0.39 is 0 Å². The Balaban J connectivity index is 2.28. The normalized spacial score (nSPS) is 10.2. The molecule has 0 aliphatic rings. The van der Waals surface area contributed by atoms with Gasteiger partial charge in [-0.1, -0.05) is 41.9 Å². The zero-order valence-electron chi connectivity index (χ0n) is 8.28. The Morgan fingerprint density at radius 3 is 2.47 bits per heavy atom. The summed E-state index contributed by atoms with van der Waals surface area (Å²) in [5.41, 5.74) is 8.99. The van der Waals surface area contributed by atoms with Crippen LogP contribution >= 0.6 is 11.6 Å². The molecule has 2 aromatic rings. The van der Waals surface area contributed by atoms with Gasteiger partial charge in [-0.25, -0.2) is 0 Å². The van der Waals surface area contributed by atoms with Crippen molar-refractivity contribution in [3.63, 3.8) is 0 Å². The van der Waals surface area contributed by atoms with Crippen LogP contribution in [0.15, 0.2) is 48.5 Å². The van der Waals surface area contributed by atoms with Crippen molar-refractivity contribution in [2.45, 2.75) is 6.42 Å². The Morgan fingerprint density at radius 2 is 1.73 bits per heavy atom. The lowest BCUT2D eigenvalue weighted by molar-refractivity contribution is 1.20. The molecule has 1 nitrogen and oxygen atoms in total. The number of nitrogen functional groups attached to an aromatic ring is 1. The first-order valence-electron chi connectivity index (χ1n) is 4.83. The molecule has 0 radical (unpaired) electrons. The first-order chi connectivity index (χ1) is 7.25. The molecule has 0 aromatic heterocycles. The van der Waals surface area contributed by atoms with E-state index in [-0.39, 0.29) is 0 Å². The highest BCUT2D eigenvalue weighted by molar-refractivity contribution is 6.30. The third-order valence-electron chi connectivity index (χ3n) is 2.34. The van der Waals surface area contributed by atoms with E-state index in [1.165, 1.54) is 5.56 Å². The molecule has 76 valence electrons. The number of benzene rings is 2. The first kappa shape index (κ1) is 10.1. The first-order valence-corrected chi connectivity index (χ1v) is 5.21. The van der Waals surface area contributed by atoms with E-state index in [1.54, 1.807) is 0 Å². The fourth-order valence-corrected chi connectivity index (χ4v) is 1.74. The lowest BCUT2D eigenvalue weighted by Gasteiger charge is -2.06. The summed E-state index contributed by atoms with van der Waals surface area (Å²) >= 11 is 5.93. The molecule has 0 amide bonds. The van der Waals surface area contributed by atoms with Crippen molar-refractivity contribution in [3.8, 4) is 0 Å². The summed E-state index contributed by atoms with van der Waals surface area (Å²) in [4.78, 5) is 0. The maximum atomic E-state index is 5.93. The van der Waals surface area contributed by atoms with Gasteiger partial charge in [0.15, 0.2) is 0 Å². The molecule has 0 spiro atoms. The van der Waals surface area contributed by atoms with Crippen molar-refractivity contribution in [2.24, 2.45) is 0 Å². The molecule has 2 rings (SSSR count). The van der Waals surface area contributed by atoms with Gasteiger partial charge in [-0.2, -0.15) is 0 Å². The van der Waals surface area contributed by atoms with Crippen LogP contribution in [-0.4, -0.2) is 0 Å². The third kappa shape index (κ3) is 2.51. The fourth-order valence-electron chi connectivity index (χ4n) is 1.54. The highest BCUT2D eigenvalue weighted by atomic mass is 35.5. The van der Waals surface area contributed by atoms with E-state index in [4.69, 9.17) is 17.3 Å². The number of anilines is 1. The number of halogens is 1. The zero-order chi connectivity index (χ0) is 10.7. The molecular weight excluding hydrogens is 206 g/mol. The van der Waals surface area contributed by atoms with Gasteiger partial charge in [0.1, 0.15) is 0 Å². The second kappa shape index (κ2) is 4.37. The van der Waals surface area contributed by atoms with Crippen LogP contribution in [0.5, 0.6) is 0 Å². The predicted octanol–water partition coefficient (Wildman–Crippen LogP) is 3.51. The van der Waals surface area contributed by atoms with Crippen LogP contribution in [0, 0.1) is 0 Å². The van der Waals surface area contributed by atoms with E-state index >= 15 is 0 Å². The number of rotatable bonds is 2. The van der Waals surface area contributed by atoms with Crippen molar-refractivity contribution in [1.29, 1.82) is 0 Å². The Morgan fingerprint density at radius 1 is 1.00 bits per heavy atom. The van der Waals surface area contributed by atoms with Crippen LogP contribution in [0.1, 0.15) is 11.1 Å². The van der Waals surface area contributed by atoms with Gasteiger partial charge in [0.05, 0.1) is 0 Å². The minimum absolute atomic E-state index is 0.732. The van der Waals surface area contributed by atoms with Crippen LogP contribution in [0.2, 0.25) is 5.02 Å². The lowest BCUT2D eigenvalue weighted by Crippen LogP contribution is -1.95. The standard InChI is InChI=1S/C13H12ClN/c14-12-6-7-13(15)11(9-12)8-10-4-2-1-3-5-10/h1-7,9H,8,15H2. The average molecular weight is 218 g/mol. The molecule has 0 atom stereocenters. The highest BCUT2D eigenvalue weighted by Crippen LogP contribution is 2.20. The van der Waals surface area contributed by atoms with Gasteiger partial charge in [0.25, 0.3) is 0 Å². The monoisotopic (exact) mass is 217 g/mol. The number of nitrogens with two attached hydrogens (primary N) is 1. The van der Waals surface area contributed by atoms with Crippen LogP contribution in [-0.2, 0) is 6.42 Å². The molecule has 2 aromatic carbocycles. The van der Waals surface area contributed by atoms with Crippen LogP contribution in [0.4, 0.5) is 5.69 Å². The van der Waals surface area contributed by atoms with Crippen molar-refractivity contribution in [3.05, 3.63) is 64.7 Å². The Kier molecular flexibility index (Phi) is 2.93. The molecule has 0 saturated heterocycles. The van der Waals surface area contributed by atoms with Gasteiger partial charge in [-0.15, -0.1) is 0 Å². The Bertz CT molecular complexity index is 451. The van der Waals surface area contributed by atoms with Gasteiger partial charge in [-0.05, 0) is 35.7 Å². The maximum absolute atomic E-state index is 5.93. The van der Waals surface area contributed by atoms with Crippen LogP contribution in [0.3, 0.4) is 0 Å². The van der Waals surface area contributed by atoms with Gasteiger partial charge in [0, 0.05) is 10.7 Å². The van der Waals surface area contributed by atoms with Crippen LogP contribution in [0.25, 0.3) is 0 Å². The number of hydrogen-bond donors (Lipinski definition) is 1. The SMILES string of the molecule is Nc1ccc(Cl)cc1Cc1ccccc1. The molecule has 15 heavy (non-hydrogen) atoms. The average Bonchev–Trinajstić information content (AvgIpc) is 2.25. The topological polar surface area (TPSA) is 26.0 Å². The quantitative estimate of drug-likeness (QED) is 0.766. The zero-order valence-corrected chi connectivity index (χ0v) is 9.04. The van der Waals surface area contributed by atoms with Crippen molar-refractivity contribution >= 4 is 17.3 Å². The van der Waals surface area contributed by atoms with Gasteiger partial charge in [-0.3, -0.25) is 0 Å². The molecular formula is C13H12ClN. The lowest BCUT2D eigenvalue weighted by atomic mass is 10.0. The Hall–Kier alpha value is -1.47. The van der Waals surface area contributed by atoms with E-state index in [2.05, 4.69) is 12.1 Å². The Labute approximate surface area is 94.5 Å². The summed E-state index contributed by atoms with van der Waals surface area (Å²) in [6.45, 7) is 0. The summed E-state index contributed by atoms with van der Waals surface area (Å²) in [6, 6.07) is 15.8. The molecule has 2 N–H and O–H groups in total. The van der Waals surface area contributed by atoms with E-state index in [0.717, 1.165) is 22.7 Å². The minimum Gasteiger partial charge on any atom is -0.398 e. The molecule has 0 bridgehead atoms. The molecule has 0 heterocycles. The summed E-state index contributed by atoms with van der Waals surface area (Å²) < 4.78 is 0. The maximum Gasteiger partial charge on any atom is 0.0410 e. The second-order valence-corrected chi connectivity index (χ2v) is 3.94. The second-order valence-electron chi connectivity index (χ2n) is 3.51. The van der Waals surface area contributed by atoms with Crippen molar-refractivity contribution in [2.75, 3.05) is 5.73 Å². The summed E-state index contributed by atoms with van der Waals surface area (Å²) in [6.07, 6.45) is 0.827. The summed E-state index contributed by atoms with van der Waals surface area (Å²) in [7, 11) is 0. The van der Waals surface area contributed by atoms with E-state index in [0.29, 0.717) is 0 Å². The van der Waals surface area contributed by atoms with Gasteiger partial charge >= 0.3 is 0 Å². The molecule has 0 saturated carbocycles.